The van der Waals surface area contributed by atoms with Gasteiger partial charge in [0.15, 0.2) is 11.6 Å². The van der Waals surface area contributed by atoms with Crippen LogP contribution in [0.1, 0.15) is 19.4 Å². The van der Waals surface area contributed by atoms with Crippen LogP contribution in [0.3, 0.4) is 0 Å². The molecular formula is C13H17FN4O. The molecule has 0 amide bonds. The number of hydrogen-bond acceptors (Lipinski definition) is 5. The molecule has 0 atom stereocenters. The molecule has 0 spiro atoms. The summed E-state index contributed by atoms with van der Waals surface area (Å²) in [7, 11) is 0. The highest BCUT2D eigenvalue weighted by Crippen LogP contribution is 2.24. The van der Waals surface area contributed by atoms with Gasteiger partial charge in [-0.2, -0.15) is 5.26 Å². The summed E-state index contributed by atoms with van der Waals surface area (Å²) in [5.41, 5.74) is 0.225. The van der Waals surface area contributed by atoms with Gasteiger partial charge in [0, 0.05) is 19.1 Å². The quantitative estimate of drug-likeness (QED) is 0.901. The summed E-state index contributed by atoms with van der Waals surface area (Å²) < 4.78 is 19.3. The number of nitrogens with one attached hydrogen (secondary N) is 1. The Bertz CT molecular complexity index is 492. The molecule has 1 aliphatic heterocycles. The highest BCUT2D eigenvalue weighted by Gasteiger charge is 2.19. The fourth-order valence-corrected chi connectivity index (χ4v) is 1.94. The molecule has 1 saturated heterocycles. The van der Waals surface area contributed by atoms with Crippen molar-refractivity contribution in [3.8, 4) is 6.07 Å². The van der Waals surface area contributed by atoms with Gasteiger partial charge in [-0.1, -0.05) is 0 Å². The second-order valence-electron chi connectivity index (χ2n) is 4.70. The van der Waals surface area contributed by atoms with Gasteiger partial charge in [-0.25, -0.2) is 9.37 Å². The Kier molecular flexibility index (Phi) is 4.17. The predicted octanol–water partition coefficient (Wildman–Crippen LogP) is 1.75. The Labute approximate surface area is 112 Å². The highest BCUT2D eigenvalue weighted by molar-refractivity contribution is 5.58. The lowest BCUT2D eigenvalue weighted by molar-refractivity contribution is 0.122. The van der Waals surface area contributed by atoms with Crippen LogP contribution in [0.25, 0.3) is 0 Å². The predicted molar refractivity (Wildman–Crippen MR) is 70.7 cm³/mol. The average Bonchev–Trinajstić information content (AvgIpc) is 2.40. The van der Waals surface area contributed by atoms with E-state index in [1.807, 2.05) is 24.8 Å². The molecule has 0 aliphatic carbocycles. The van der Waals surface area contributed by atoms with Crippen molar-refractivity contribution < 1.29 is 9.13 Å². The molecule has 6 heteroatoms. The number of aromatic nitrogens is 1. The Morgan fingerprint density at radius 1 is 1.47 bits per heavy atom. The number of halogens is 1. The van der Waals surface area contributed by atoms with Crippen molar-refractivity contribution in [3.63, 3.8) is 0 Å². The van der Waals surface area contributed by atoms with Gasteiger partial charge < -0.3 is 15.0 Å². The molecule has 1 aromatic heterocycles. The molecule has 19 heavy (non-hydrogen) atoms. The van der Waals surface area contributed by atoms with Crippen molar-refractivity contribution in [3.05, 3.63) is 17.4 Å². The van der Waals surface area contributed by atoms with E-state index in [-0.39, 0.29) is 17.4 Å². The highest BCUT2D eigenvalue weighted by atomic mass is 19.1. The van der Waals surface area contributed by atoms with Gasteiger partial charge in [0.2, 0.25) is 0 Å². The SMILES string of the molecule is CC(C)Nc1nc(N2CCOCC2)c(F)cc1C#N. The molecular weight excluding hydrogens is 247 g/mol. The third-order valence-corrected chi connectivity index (χ3v) is 2.81. The second-order valence-corrected chi connectivity index (χ2v) is 4.70. The molecule has 1 aliphatic rings. The van der Waals surface area contributed by atoms with Crippen molar-refractivity contribution in [1.29, 1.82) is 5.26 Å². The number of rotatable bonds is 3. The fourth-order valence-electron chi connectivity index (χ4n) is 1.94. The topological polar surface area (TPSA) is 61.2 Å². The van der Waals surface area contributed by atoms with Gasteiger partial charge in [-0.15, -0.1) is 0 Å². The van der Waals surface area contributed by atoms with E-state index >= 15 is 0 Å². The first-order chi connectivity index (χ1) is 9.11. The van der Waals surface area contributed by atoms with Gasteiger partial charge in [-0.3, -0.25) is 0 Å². The Morgan fingerprint density at radius 3 is 2.74 bits per heavy atom. The summed E-state index contributed by atoms with van der Waals surface area (Å²) in [4.78, 5) is 6.11. The largest absolute Gasteiger partial charge is 0.378 e. The lowest BCUT2D eigenvalue weighted by Crippen LogP contribution is -2.37. The minimum absolute atomic E-state index is 0.127. The van der Waals surface area contributed by atoms with Crippen LogP contribution >= 0.6 is 0 Å². The molecule has 1 N–H and O–H groups in total. The van der Waals surface area contributed by atoms with Gasteiger partial charge in [0.05, 0.1) is 18.8 Å². The maximum atomic E-state index is 14.0. The Balaban J connectivity index is 2.35. The van der Waals surface area contributed by atoms with Crippen LogP contribution in [0.5, 0.6) is 0 Å². The first-order valence-corrected chi connectivity index (χ1v) is 6.31. The van der Waals surface area contributed by atoms with Crippen LogP contribution in [0, 0.1) is 17.1 Å². The van der Waals surface area contributed by atoms with Crippen LogP contribution in [-0.2, 0) is 4.74 Å². The van der Waals surface area contributed by atoms with Crippen molar-refractivity contribution in [2.24, 2.45) is 0 Å². The zero-order chi connectivity index (χ0) is 13.8. The lowest BCUT2D eigenvalue weighted by Gasteiger charge is -2.28. The number of anilines is 2. The summed E-state index contributed by atoms with van der Waals surface area (Å²) in [6, 6.07) is 3.33. The van der Waals surface area contributed by atoms with Crippen LogP contribution in [0.15, 0.2) is 6.07 Å². The van der Waals surface area contributed by atoms with Crippen molar-refractivity contribution in [2.75, 3.05) is 36.5 Å². The summed E-state index contributed by atoms with van der Waals surface area (Å²) in [6.45, 7) is 6.23. The van der Waals surface area contributed by atoms with E-state index in [4.69, 9.17) is 10.00 Å². The number of hydrogen-bond donors (Lipinski definition) is 1. The third kappa shape index (κ3) is 3.12. The third-order valence-electron chi connectivity index (χ3n) is 2.81. The molecule has 2 heterocycles. The van der Waals surface area contributed by atoms with Crippen molar-refractivity contribution in [2.45, 2.75) is 19.9 Å². The van der Waals surface area contributed by atoms with Gasteiger partial charge >= 0.3 is 0 Å². The van der Waals surface area contributed by atoms with Gasteiger partial charge in [0.1, 0.15) is 11.9 Å². The molecule has 2 rings (SSSR count). The first kappa shape index (κ1) is 13.6. The molecule has 0 unspecified atom stereocenters. The molecule has 0 bridgehead atoms. The smallest absolute Gasteiger partial charge is 0.167 e. The zero-order valence-corrected chi connectivity index (χ0v) is 11.1. The van der Waals surface area contributed by atoms with E-state index in [2.05, 4.69) is 10.3 Å². The van der Waals surface area contributed by atoms with Gasteiger partial charge in [-0.05, 0) is 19.9 Å². The lowest BCUT2D eigenvalue weighted by atomic mass is 10.2. The monoisotopic (exact) mass is 264 g/mol. The van der Waals surface area contributed by atoms with Crippen LogP contribution in [-0.4, -0.2) is 37.3 Å². The molecule has 1 aromatic rings. The second kappa shape index (κ2) is 5.85. The van der Waals surface area contributed by atoms with E-state index in [1.165, 1.54) is 6.07 Å². The Hall–Kier alpha value is -1.87. The van der Waals surface area contributed by atoms with E-state index in [0.717, 1.165) is 0 Å². The van der Waals surface area contributed by atoms with Crippen molar-refractivity contribution in [1.82, 2.24) is 4.98 Å². The van der Waals surface area contributed by atoms with Gasteiger partial charge in [0.25, 0.3) is 0 Å². The minimum Gasteiger partial charge on any atom is -0.378 e. The number of morpholine rings is 1. The number of ether oxygens (including phenoxy) is 1. The number of nitriles is 1. The van der Waals surface area contributed by atoms with Crippen LogP contribution in [0.4, 0.5) is 16.0 Å². The van der Waals surface area contributed by atoms with Crippen LogP contribution in [0.2, 0.25) is 0 Å². The summed E-state index contributed by atoms with van der Waals surface area (Å²) >= 11 is 0. The van der Waals surface area contributed by atoms with E-state index in [1.54, 1.807) is 0 Å². The summed E-state index contributed by atoms with van der Waals surface area (Å²) in [6.07, 6.45) is 0. The Morgan fingerprint density at radius 2 is 2.16 bits per heavy atom. The normalized spacial score (nSPS) is 15.4. The molecule has 1 fully saturated rings. The summed E-state index contributed by atoms with van der Waals surface area (Å²) in [5.74, 6) is 0.249. The standard InChI is InChI=1S/C13H17FN4O/c1-9(2)16-12-10(8-15)7-11(14)13(17-12)18-3-5-19-6-4-18/h7,9H,3-6H2,1-2H3,(H,16,17). The van der Waals surface area contributed by atoms with Crippen molar-refractivity contribution >= 4 is 11.6 Å². The van der Waals surface area contributed by atoms with E-state index in [0.29, 0.717) is 32.1 Å². The summed E-state index contributed by atoms with van der Waals surface area (Å²) in [5, 5.41) is 12.1. The number of nitrogens with zero attached hydrogens (tertiary/aromatic N) is 3. The van der Waals surface area contributed by atoms with E-state index in [9.17, 15) is 4.39 Å². The van der Waals surface area contributed by atoms with Crippen LogP contribution < -0.4 is 10.2 Å². The molecule has 0 aromatic carbocycles. The minimum atomic E-state index is -0.465. The maximum Gasteiger partial charge on any atom is 0.167 e. The molecule has 0 radical (unpaired) electrons. The fraction of sp³-hybridized carbons (Fsp3) is 0.538. The average molecular weight is 264 g/mol. The molecule has 5 nitrogen and oxygen atoms in total. The first-order valence-electron chi connectivity index (χ1n) is 6.31. The maximum absolute atomic E-state index is 14.0. The molecule has 0 saturated carbocycles. The van der Waals surface area contributed by atoms with E-state index < -0.39 is 5.82 Å². The zero-order valence-electron chi connectivity index (χ0n) is 11.1. The number of pyridine rings is 1. The molecule has 102 valence electrons.